The summed E-state index contributed by atoms with van der Waals surface area (Å²) in [5, 5.41) is 18.7. The fraction of sp³-hybridized carbons (Fsp3) is 0.263. The van der Waals surface area contributed by atoms with E-state index in [1.165, 1.54) is 4.68 Å². The van der Waals surface area contributed by atoms with Crippen molar-refractivity contribution in [1.82, 2.24) is 14.7 Å². The van der Waals surface area contributed by atoms with Crippen LogP contribution in [0.3, 0.4) is 0 Å². The molecule has 0 amide bonds. The maximum atomic E-state index is 12.2. The van der Waals surface area contributed by atoms with Gasteiger partial charge in [0.1, 0.15) is 5.75 Å². The molecule has 1 aromatic heterocycles. The molecule has 25 heavy (non-hydrogen) atoms. The molecule has 130 valence electrons. The maximum Gasteiger partial charge on any atom is 0.274 e. The van der Waals surface area contributed by atoms with E-state index in [0.29, 0.717) is 17.7 Å². The molecule has 2 N–H and O–H groups in total. The molecule has 0 bridgehead atoms. The zero-order chi connectivity index (χ0) is 18.0. The van der Waals surface area contributed by atoms with Gasteiger partial charge in [-0.05, 0) is 37.9 Å². The lowest BCUT2D eigenvalue weighted by molar-refractivity contribution is 0.311. The Hall–Kier alpha value is -2.86. The van der Waals surface area contributed by atoms with Crippen molar-refractivity contribution in [2.24, 2.45) is 7.05 Å². The number of nitrogens with zero attached hydrogens (tertiary/aromatic N) is 3. The summed E-state index contributed by atoms with van der Waals surface area (Å²) in [6.45, 7) is 0.618. The molecule has 1 heterocycles. The summed E-state index contributed by atoms with van der Waals surface area (Å²) in [5.41, 5.74) is 0.980. The molecule has 0 saturated heterocycles. The van der Waals surface area contributed by atoms with Gasteiger partial charge in [0.2, 0.25) is 0 Å². The molecular weight excluding hydrogens is 316 g/mol. The van der Waals surface area contributed by atoms with Crippen LogP contribution in [0.15, 0.2) is 53.3 Å². The summed E-state index contributed by atoms with van der Waals surface area (Å²) in [7, 11) is 5.67. The number of nitrogens with one attached hydrogen (secondary N) is 1. The lowest BCUT2D eigenvalue weighted by Gasteiger charge is -2.25. The highest BCUT2D eigenvalue weighted by Crippen LogP contribution is 2.23. The van der Waals surface area contributed by atoms with Crippen LogP contribution in [0.2, 0.25) is 0 Å². The summed E-state index contributed by atoms with van der Waals surface area (Å²) < 4.78 is 1.36. The van der Waals surface area contributed by atoms with Gasteiger partial charge in [0.05, 0.1) is 11.4 Å². The fourth-order valence-electron chi connectivity index (χ4n) is 2.92. The average molecular weight is 338 g/mol. The van der Waals surface area contributed by atoms with E-state index in [1.54, 1.807) is 19.2 Å². The SMILES string of the molecule is CN(C)C(CNc1nn(C)c(=O)c2ccccc12)c1ccc(O)cc1. The Bertz CT molecular complexity index is 932. The number of aromatic hydroxyl groups is 1. The van der Waals surface area contributed by atoms with Crippen LogP contribution < -0.4 is 10.9 Å². The number of fused-ring (bicyclic) bond motifs is 1. The second-order valence-electron chi connectivity index (χ2n) is 6.27. The monoisotopic (exact) mass is 338 g/mol. The summed E-state index contributed by atoms with van der Waals surface area (Å²) in [4.78, 5) is 14.3. The molecule has 6 nitrogen and oxygen atoms in total. The Morgan fingerprint density at radius 3 is 2.40 bits per heavy atom. The standard InChI is InChI=1S/C19H22N4O2/c1-22(2)17(13-8-10-14(24)11-9-13)12-20-18-15-6-4-5-7-16(15)19(25)23(3)21-18/h4-11,17,24H,12H2,1-3H3,(H,20,21). The van der Waals surface area contributed by atoms with Gasteiger partial charge in [-0.2, -0.15) is 5.10 Å². The second kappa shape index (κ2) is 6.94. The molecule has 1 atom stereocenters. The van der Waals surface area contributed by atoms with E-state index in [1.807, 2.05) is 50.5 Å². The van der Waals surface area contributed by atoms with Crippen LogP contribution in [0.1, 0.15) is 11.6 Å². The first-order chi connectivity index (χ1) is 12.0. The highest BCUT2D eigenvalue weighted by molar-refractivity contribution is 5.90. The maximum absolute atomic E-state index is 12.2. The molecule has 1 unspecified atom stereocenters. The number of rotatable bonds is 5. The zero-order valence-electron chi connectivity index (χ0n) is 14.6. The van der Waals surface area contributed by atoms with Gasteiger partial charge in [-0.15, -0.1) is 0 Å². The van der Waals surface area contributed by atoms with Gasteiger partial charge in [-0.3, -0.25) is 4.79 Å². The molecule has 0 fully saturated rings. The van der Waals surface area contributed by atoms with E-state index >= 15 is 0 Å². The smallest absolute Gasteiger partial charge is 0.274 e. The number of phenolic OH excluding ortho intramolecular Hbond substituents is 1. The Kier molecular flexibility index (Phi) is 4.72. The predicted molar refractivity (Wildman–Crippen MR) is 100 cm³/mol. The van der Waals surface area contributed by atoms with Crippen molar-refractivity contribution in [2.75, 3.05) is 26.0 Å². The first-order valence-corrected chi connectivity index (χ1v) is 8.12. The van der Waals surface area contributed by atoms with Crippen molar-refractivity contribution in [3.05, 3.63) is 64.4 Å². The normalized spacial score (nSPS) is 12.5. The van der Waals surface area contributed by atoms with Crippen LogP contribution in [-0.2, 0) is 7.05 Å². The first kappa shape index (κ1) is 17.0. The summed E-state index contributed by atoms with van der Waals surface area (Å²) >= 11 is 0. The Labute approximate surface area is 146 Å². The van der Waals surface area contributed by atoms with Crippen molar-refractivity contribution in [1.29, 1.82) is 0 Å². The number of hydrogen-bond acceptors (Lipinski definition) is 5. The summed E-state index contributed by atoms with van der Waals surface area (Å²) in [6, 6.07) is 14.8. The molecule has 3 rings (SSSR count). The molecule has 0 radical (unpaired) electrons. The molecule has 0 spiro atoms. The van der Waals surface area contributed by atoms with E-state index in [0.717, 1.165) is 10.9 Å². The number of anilines is 1. The van der Waals surface area contributed by atoms with Crippen LogP contribution in [0, 0.1) is 0 Å². The third kappa shape index (κ3) is 3.49. The number of hydrogen-bond donors (Lipinski definition) is 2. The molecule has 0 aliphatic heterocycles. The molecule has 2 aromatic carbocycles. The number of likely N-dealkylation sites (N-methyl/N-ethyl adjacent to an activating group) is 1. The lowest BCUT2D eigenvalue weighted by Crippen LogP contribution is -2.28. The first-order valence-electron chi connectivity index (χ1n) is 8.12. The highest BCUT2D eigenvalue weighted by Gasteiger charge is 2.16. The second-order valence-corrected chi connectivity index (χ2v) is 6.27. The van der Waals surface area contributed by atoms with Gasteiger partial charge < -0.3 is 15.3 Å². The van der Waals surface area contributed by atoms with Crippen LogP contribution in [-0.4, -0.2) is 40.4 Å². The topological polar surface area (TPSA) is 70.4 Å². The van der Waals surface area contributed by atoms with Crippen LogP contribution in [0.25, 0.3) is 10.8 Å². The van der Waals surface area contributed by atoms with Crippen LogP contribution >= 0.6 is 0 Å². The Balaban J connectivity index is 1.91. The molecule has 3 aromatic rings. The predicted octanol–water partition coefficient (Wildman–Crippen LogP) is 2.35. The Morgan fingerprint density at radius 1 is 1.12 bits per heavy atom. The minimum Gasteiger partial charge on any atom is -0.508 e. The van der Waals surface area contributed by atoms with E-state index in [9.17, 15) is 9.90 Å². The highest BCUT2D eigenvalue weighted by atomic mass is 16.3. The van der Waals surface area contributed by atoms with E-state index < -0.39 is 0 Å². The fourth-order valence-corrected chi connectivity index (χ4v) is 2.92. The van der Waals surface area contributed by atoms with Crippen LogP contribution in [0.5, 0.6) is 5.75 Å². The molecule has 6 heteroatoms. The van der Waals surface area contributed by atoms with Gasteiger partial charge in [-0.1, -0.05) is 30.3 Å². The minimum atomic E-state index is -0.108. The van der Waals surface area contributed by atoms with Crippen molar-refractivity contribution < 1.29 is 5.11 Å². The van der Waals surface area contributed by atoms with Gasteiger partial charge >= 0.3 is 0 Å². The Morgan fingerprint density at radius 2 is 1.76 bits per heavy atom. The number of aryl methyl sites for hydroxylation is 1. The number of aromatic nitrogens is 2. The minimum absolute atomic E-state index is 0.0957. The van der Waals surface area contributed by atoms with Crippen LogP contribution in [0.4, 0.5) is 5.82 Å². The third-order valence-electron chi connectivity index (χ3n) is 4.32. The zero-order valence-corrected chi connectivity index (χ0v) is 14.6. The summed E-state index contributed by atoms with van der Waals surface area (Å²) in [6.07, 6.45) is 0. The van der Waals surface area contributed by atoms with Crippen molar-refractivity contribution in [2.45, 2.75) is 6.04 Å². The third-order valence-corrected chi connectivity index (χ3v) is 4.32. The molecule has 0 aliphatic carbocycles. The molecule has 0 saturated carbocycles. The van der Waals surface area contributed by atoms with Crippen molar-refractivity contribution >= 4 is 16.6 Å². The molecule has 0 aliphatic rings. The quantitative estimate of drug-likeness (QED) is 0.747. The van der Waals surface area contributed by atoms with E-state index in [-0.39, 0.29) is 17.4 Å². The van der Waals surface area contributed by atoms with Crippen molar-refractivity contribution in [3.63, 3.8) is 0 Å². The van der Waals surface area contributed by atoms with Crippen molar-refractivity contribution in [3.8, 4) is 5.75 Å². The van der Waals surface area contributed by atoms with Gasteiger partial charge in [-0.25, -0.2) is 4.68 Å². The van der Waals surface area contributed by atoms with Gasteiger partial charge in [0.25, 0.3) is 5.56 Å². The lowest BCUT2D eigenvalue weighted by atomic mass is 10.1. The van der Waals surface area contributed by atoms with E-state index in [2.05, 4.69) is 15.3 Å². The number of phenols is 1. The van der Waals surface area contributed by atoms with E-state index in [4.69, 9.17) is 0 Å². The average Bonchev–Trinajstić information content (AvgIpc) is 2.60. The van der Waals surface area contributed by atoms with Gasteiger partial charge in [0, 0.05) is 19.0 Å². The van der Waals surface area contributed by atoms with Gasteiger partial charge in [0.15, 0.2) is 5.82 Å². The molecular formula is C19H22N4O2. The number of benzene rings is 2. The largest absolute Gasteiger partial charge is 0.508 e. The summed E-state index contributed by atoms with van der Waals surface area (Å²) in [5.74, 6) is 0.934.